The van der Waals surface area contributed by atoms with Gasteiger partial charge in [-0.15, -0.1) is 0 Å². The third-order valence-corrected chi connectivity index (χ3v) is 9.96. The lowest BCUT2D eigenvalue weighted by molar-refractivity contribution is 0.661. The first-order valence-electron chi connectivity index (χ1n) is 16.5. The van der Waals surface area contributed by atoms with E-state index in [-0.39, 0.29) is 16.5 Å². The van der Waals surface area contributed by atoms with Gasteiger partial charge in [0.1, 0.15) is 12.1 Å². The highest BCUT2D eigenvalue weighted by Crippen LogP contribution is 2.51. The van der Waals surface area contributed by atoms with Crippen molar-refractivity contribution in [1.29, 1.82) is 10.5 Å². The number of rotatable bonds is 4. The zero-order valence-corrected chi connectivity index (χ0v) is 27.4. The van der Waals surface area contributed by atoms with Crippen LogP contribution in [0.15, 0.2) is 133 Å². The average Bonchev–Trinajstić information content (AvgIpc) is 3.61. The zero-order chi connectivity index (χ0) is 34.0. The van der Waals surface area contributed by atoms with E-state index in [4.69, 9.17) is 15.0 Å². The summed E-state index contributed by atoms with van der Waals surface area (Å²) in [6.07, 6.45) is 0. The van der Waals surface area contributed by atoms with E-state index in [2.05, 4.69) is 79.1 Å². The number of fused-ring (bicyclic) bond motifs is 6. The largest absolute Gasteiger partial charge is 0.308 e. The molecular weight excluding hydrogens is 613 g/mol. The highest BCUT2D eigenvalue weighted by Gasteiger charge is 2.36. The maximum absolute atomic E-state index is 10.8. The lowest BCUT2D eigenvalue weighted by Gasteiger charge is -2.22. The molecule has 0 bridgehead atoms. The van der Waals surface area contributed by atoms with Crippen molar-refractivity contribution in [2.24, 2.45) is 0 Å². The fraction of sp³-hybridized carbons (Fsp3) is 0.0682. The predicted molar refractivity (Wildman–Crippen MR) is 197 cm³/mol. The molecule has 1 aliphatic rings. The van der Waals surface area contributed by atoms with Gasteiger partial charge in [0.25, 0.3) is 0 Å². The van der Waals surface area contributed by atoms with Crippen molar-refractivity contribution in [2.45, 2.75) is 19.3 Å². The fourth-order valence-corrected chi connectivity index (χ4v) is 7.55. The highest BCUT2D eigenvalue weighted by molar-refractivity contribution is 6.12. The summed E-state index contributed by atoms with van der Waals surface area (Å²) in [7, 11) is 0. The van der Waals surface area contributed by atoms with Gasteiger partial charge >= 0.3 is 0 Å². The van der Waals surface area contributed by atoms with Gasteiger partial charge in [0.05, 0.1) is 27.8 Å². The summed E-state index contributed by atoms with van der Waals surface area (Å²) in [4.78, 5) is 14.5. The van der Waals surface area contributed by atoms with E-state index in [1.807, 2.05) is 84.9 Å². The Bertz CT molecular complexity index is 2690. The molecule has 0 aliphatic heterocycles. The molecule has 2 aromatic heterocycles. The zero-order valence-electron chi connectivity index (χ0n) is 27.4. The van der Waals surface area contributed by atoms with Crippen molar-refractivity contribution in [3.63, 3.8) is 0 Å². The number of nitriles is 2. The van der Waals surface area contributed by atoms with Crippen molar-refractivity contribution < 1.29 is 0 Å². The number of nitrogens with zero attached hydrogens (tertiary/aromatic N) is 6. The summed E-state index contributed by atoms with van der Waals surface area (Å²) < 4.78 is 2.13. The van der Waals surface area contributed by atoms with Gasteiger partial charge < -0.3 is 4.57 Å². The standard InChI is InChI=1S/C44H28N6/c1-44(2)36-19-11-9-17-29(36)32-23-33-30-18-10-12-20-38(30)50(40(33)24-37(32)44)39-22-21-31(34(25-45)35(39)26-46)43-48-41(27-13-5-3-6-14-27)47-42(49-43)28-15-7-4-8-16-28/h3-24H,1-2H3. The highest BCUT2D eigenvalue weighted by atomic mass is 15.0. The van der Waals surface area contributed by atoms with Crippen molar-refractivity contribution in [3.8, 4) is 63.1 Å². The number of benzene rings is 6. The monoisotopic (exact) mass is 640 g/mol. The number of para-hydroxylation sites is 1. The Labute approximate surface area is 289 Å². The summed E-state index contributed by atoms with van der Waals surface area (Å²) in [5.41, 5.74) is 10.00. The van der Waals surface area contributed by atoms with Gasteiger partial charge in [-0.25, -0.2) is 15.0 Å². The van der Waals surface area contributed by atoms with E-state index in [0.717, 1.165) is 32.9 Å². The fourth-order valence-electron chi connectivity index (χ4n) is 7.55. The molecule has 0 spiro atoms. The summed E-state index contributed by atoms with van der Waals surface area (Å²) in [6, 6.07) is 49.4. The molecule has 50 heavy (non-hydrogen) atoms. The van der Waals surface area contributed by atoms with Crippen molar-refractivity contribution in [2.75, 3.05) is 0 Å². The first kappa shape index (κ1) is 29.3. The second-order valence-corrected chi connectivity index (χ2v) is 13.1. The van der Waals surface area contributed by atoms with E-state index >= 15 is 0 Å². The van der Waals surface area contributed by atoms with Gasteiger partial charge in [0.2, 0.25) is 0 Å². The Kier molecular flexibility index (Phi) is 6.49. The van der Waals surface area contributed by atoms with Crippen LogP contribution < -0.4 is 0 Å². The molecule has 0 saturated carbocycles. The van der Waals surface area contributed by atoms with Gasteiger partial charge in [0, 0.05) is 32.9 Å². The van der Waals surface area contributed by atoms with Crippen LogP contribution in [-0.2, 0) is 5.41 Å². The predicted octanol–water partition coefficient (Wildman–Crippen LogP) is 10.0. The second-order valence-electron chi connectivity index (χ2n) is 13.1. The molecule has 0 N–H and O–H groups in total. The summed E-state index contributed by atoms with van der Waals surface area (Å²) in [6.45, 7) is 4.53. The minimum Gasteiger partial charge on any atom is -0.308 e. The normalized spacial score (nSPS) is 12.7. The third-order valence-electron chi connectivity index (χ3n) is 9.96. The second kappa shape index (κ2) is 11.1. The first-order chi connectivity index (χ1) is 24.5. The van der Waals surface area contributed by atoms with Crippen LogP contribution >= 0.6 is 0 Å². The number of hydrogen-bond acceptors (Lipinski definition) is 5. The van der Waals surface area contributed by atoms with Crippen LogP contribution in [0.5, 0.6) is 0 Å². The Morgan fingerprint density at radius 1 is 0.500 bits per heavy atom. The van der Waals surface area contributed by atoms with E-state index in [1.54, 1.807) is 0 Å². The molecule has 0 saturated heterocycles. The summed E-state index contributed by atoms with van der Waals surface area (Å²) in [5.74, 6) is 1.30. The van der Waals surface area contributed by atoms with Gasteiger partial charge in [0.15, 0.2) is 17.5 Å². The van der Waals surface area contributed by atoms with Crippen molar-refractivity contribution >= 4 is 21.8 Å². The Morgan fingerprint density at radius 2 is 1.10 bits per heavy atom. The lowest BCUT2D eigenvalue weighted by atomic mass is 9.82. The molecule has 0 amide bonds. The quantitative estimate of drug-likeness (QED) is 0.191. The van der Waals surface area contributed by atoms with E-state index in [1.165, 1.54) is 22.3 Å². The third kappa shape index (κ3) is 4.29. The van der Waals surface area contributed by atoms with Crippen LogP contribution in [0.1, 0.15) is 36.1 Å². The van der Waals surface area contributed by atoms with E-state index in [9.17, 15) is 10.5 Å². The molecule has 0 atom stereocenters. The molecule has 234 valence electrons. The van der Waals surface area contributed by atoms with Gasteiger partial charge in [-0.1, -0.05) is 117 Å². The van der Waals surface area contributed by atoms with Crippen LogP contribution in [0.25, 0.3) is 72.8 Å². The smallest absolute Gasteiger partial charge is 0.165 e. The van der Waals surface area contributed by atoms with Crippen LogP contribution in [0, 0.1) is 22.7 Å². The molecule has 0 unspecified atom stereocenters. The van der Waals surface area contributed by atoms with E-state index < -0.39 is 0 Å². The van der Waals surface area contributed by atoms with Crippen molar-refractivity contribution in [1.82, 2.24) is 19.5 Å². The van der Waals surface area contributed by atoms with Crippen LogP contribution in [0.4, 0.5) is 0 Å². The Balaban J connectivity index is 1.30. The summed E-state index contributed by atoms with van der Waals surface area (Å²) >= 11 is 0. The molecule has 6 nitrogen and oxygen atoms in total. The van der Waals surface area contributed by atoms with Gasteiger partial charge in [-0.2, -0.15) is 10.5 Å². The van der Waals surface area contributed by atoms with E-state index in [0.29, 0.717) is 28.7 Å². The maximum Gasteiger partial charge on any atom is 0.165 e. The van der Waals surface area contributed by atoms with Crippen LogP contribution in [0.3, 0.4) is 0 Å². The molecule has 9 rings (SSSR count). The van der Waals surface area contributed by atoms with Gasteiger partial charge in [-0.3, -0.25) is 0 Å². The summed E-state index contributed by atoms with van der Waals surface area (Å²) in [5, 5.41) is 23.7. The van der Waals surface area contributed by atoms with Crippen LogP contribution in [-0.4, -0.2) is 19.5 Å². The maximum atomic E-state index is 10.8. The minimum atomic E-state index is -0.202. The first-order valence-corrected chi connectivity index (χ1v) is 16.5. The molecular formula is C44H28N6. The lowest BCUT2D eigenvalue weighted by Crippen LogP contribution is -2.15. The van der Waals surface area contributed by atoms with Crippen LogP contribution in [0.2, 0.25) is 0 Å². The number of aromatic nitrogens is 4. The Hall–Kier alpha value is -6.89. The molecule has 2 heterocycles. The van der Waals surface area contributed by atoms with Crippen molar-refractivity contribution in [3.05, 3.63) is 156 Å². The SMILES string of the molecule is CC1(C)c2ccccc2-c2cc3c4ccccc4n(-c4ccc(-c5nc(-c6ccccc6)nc(-c6ccccc6)n5)c(C#N)c4C#N)c3cc21. The topological polar surface area (TPSA) is 91.2 Å². The van der Waals surface area contributed by atoms with Gasteiger partial charge in [-0.05, 0) is 52.6 Å². The molecule has 6 aromatic carbocycles. The molecule has 0 fully saturated rings. The average molecular weight is 641 g/mol. The molecule has 0 radical (unpaired) electrons. The number of hydrogen-bond donors (Lipinski definition) is 0. The molecule has 1 aliphatic carbocycles. The Morgan fingerprint density at radius 3 is 1.78 bits per heavy atom. The molecule has 6 heteroatoms. The molecule has 8 aromatic rings. The minimum absolute atomic E-state index is 0.202.